The van der Waals surface area contributed by atoms with E-state index < -0.39 is 28.8 Å². The molecule has 37 heavy (non-hydrogen) atoms. The number of rotatable bonds is 7. The summed E-state index contributed by atoms with van der Waals surface area (Å²) in [7, 11) is 1.62. The quantitative estimate of drug-likeness (QED) is 0.472. The van der Waals surface area contributed by atoms with Gasteiger partial charge in [0.25, 0.3) is 0 Å². The van der Waals surface area contributed by atoms with E-state index in [1.54, 1.807) is 19.2 Å². The van der Waals surface area contributed by atoms with Crippen molar-refractivity contribution in [2.45, 2.75) is 68.5 Å². The van der Waals surface area contributed by atoms with Gasteiger partial charge in [0.1, 0.15) is 17.2 Å². The lowest BCUT2D eigenvalue weighted by atomic mass is 9.47. The van der Waals surface area contributed by atoms with Crippen LogP contribution in [0.25, 0.3) is 11.1 Å². The second-order valence-electron chi connectivity index (χ2n) is 10.9. The zero-order chi connectivity index (χ0) is 26.4. The van der Waals surface area contributed by atoms with Crippen LogP contribution in [0.5, 0.6) is 0 Å². The van der Waals surface area contributed by atoms with Gasteiger partial charge in [-0.25, -0.2) is 8.78 Å². The molecule has 2 aromatic rings. The van der Waals surface area contributed by atoms with Gasteiger partial charge in [-0.15, -0.1) is 0 Å². The normalized spacial score (nSPS) is 28.9. The van der Waals surface area contributed by atoms with Gasteiger partial charge in [0.2, 0.25) is 5.91 Å². The highest BCUT2D eigenvalue weighted by Crippen LogP contribution is 2.63. The second kappa shape index (κ2) is 10.3. The molecule has 2 aliphatic carbocycles. The fourth-order valence-electron chi connectivity index (χ4n) is 7.00. The summed E-state index contributed by atoms with van der Waals surface area (Å²) in [6, 6.07) is 7.49. The van der Waals surface area contributed by atoms with Crippen LogP contribution in [0, 0.1) is 17.6 Å². The van der Waals surface area contributed by atoms with Crippen molar-refractivity contribution >= 4 is 17.5 Å². The van der Waals surface area contributed by atoms with Crippen molar-refractivity contribution in [2.75, 3.05) is 26.8 Å². The summed E-state index contributed by atoms with van der Waals surface area (Å²) < 4.78 is 35.8. The van der Waals surface area contributed by atoms with Crippen molar-refractivity contribution in [2.24, 2.45) is 5.92 Å². The minimum atomic E-state index is -1.45. The van der Waals surface area contributed by atoms with E-state index >= 15 is 8.78 Å². The molecule has 1 amide bonds. The van der Waals surface area contributed by atoms with Crippen molar-refractivity contribution in [3.63, 3.8) is 0 Å². The number of amides is 1. The molecule has 0 aromatic heterocycles. The largest absolute Gasteiger partial charge is 0.393 e. The number of benzene rings is 2. The molecule has 0 radical (unpaired) electrons. The molecule has 4 atom stereocenters. The number of hydrogen-bond acceptors (Lipinski definition) is 4. The average molecular weight is 534 g/mol. The summed E-state index contributed by atoms with van der Waals surface area (Å²) in [4.78, 5) is 15.2. The average Bonchev–Trinajstić information content (AvgIpc) is 3.34. The number of unbranched alkanes of at least 4 members (excludes halogenated alkanes) is 1. The number of nitrogens with zero attached hydrogens (tertiary/aromatic N) is 1. The monoisotopic (exact) mass is 533 g/mol. The standard InChI is InChI=1S/C29H34ClF2NO4/c1-37-15-3-2-13-29(36)25-21(10-11-23(31)24(25)20-6-4-7-22(30)26(20)32)28(29)12-5-14-33(17-28)27(35)18-8-9-19(34)16-18/h4,6-7,10-11,18-19,34,36H,2-3,5,8-9,12-17H2,1H3/t18-,19+,28+,29-/m0/s1. The Morgan fingerprint density at radius 1 is 1.22 bits per heavy atom. The van der Waals surface area contributed by atoms with Gasteiger partial charge < -0.3 is 19.8 Å². The molecule has 1 saturated carbocycles. The topological polar surface area (TPSA) is 70.0 Å². The molecule has 1 spiro atoms. The molecule has 0 bridgehead atoms. The van der Waals surface area contributed by atoms with Crippen molar-refractivity contribution in [1.29, 1.82) is 0 Å². The number of likely N-dealkylation sites (tertiary alicyclic amines) is 1. The number of halogens is 3. The third kappa shape index (κ3) is 4.28. The molecular weight excluding hydrogens is 500 g/mol. The van der Waals surface area contributed by atoms with Crippen molar-refractivity contribution in [3.8, 4) is 11.1 Å². The second-order valence-corrected chi connectivity index (χ2v) is 11.3. The zero-order valence-electron chi connectivity index (χ0n) is 21.1. The lowest BCUT2D eigenvalue weighted by molar-refractivity contribution is -0.149. The third-order valence-electron chi connectivity index (χ3n) is 8.79. The maximum atomic E-state index is 15.4. The van der Waals surface area contributed by atoms with E-state index in [0.717, 1.165) is 5.56 Å². The van der Waals surface area contributed by atoms with Crippen LogP contribution in [-0.4, -0.2) is 53.9 Å². The summed E-state index contributed by atoms with van der Waals surface area (Å²) in [6.45, 7) is 1.43. The Balaban J connectivity index is 1.58. The summed E-state index contributed by atoms with van der Waals surface area (Å²) in [5.74, 6) is -1.55. The molecule has 200 valence electrons. The first-order chi connectivity index (χ1) is 17.7. The lowest BCUT2D eigenvalue weighted by Gasteiger charge is -2.62. The van der Waals surface area contributed by atoms with E-state index in [4.69, 9.17) is 16.3 Å². The van der Waals surface area contributed by atoms with Crippen molar-refractivity contribution in [1.82, 2.24) is 4.90 Å². The highest BCUT2D eigenvalue weighted by Gasteiger charge is 2.64. The van der Waals surface area contributed by atoms with Gasteiger partial charge in [-0.3, -0.25) is 4.79 Å². The number of fused-ring (bicyclic) bond motifs is 2. The van der Waals surface area contributed by atoms with Crippen LogP contribution in [0.4, 0.5) is 8.78 Å². The first-order valence-corrected chi connectivity index (χ1v) is 13.6. The fourth-order valence-corrected chi connectivity index (χ4v) is 7.17. The SMILES string of the molecule is COCCCC[C@]1(O)c2c(ccc(F)c2-c2cccc(Cl)c2F)[C@]12CCCN(C(=O)[C@H]1CC[C@@H](O)C1)C2. The molecule has 2 N–H and O–H groups in total. The van der Waals surface area contributed by atoms with E-state index in [9.17, 15) is 15.0 Å². The molecule has 5 rings (SSSR count). The van der Waals surface area contributed by atoms with E-state index in [-0.39, 0.29) is 28.0 Å². The van der Waals surface area contributed by atoms with Gasteiger partial charge in [0.05, 0.1) is 11.1 Å². The van der Waals surface area contributed by atoms with Crippen molar-refractivity contribution < 1.29 is 28.5 Å². The highest BCUT2D eigenvalue weighted by atomic mass is 35.5. The molecule has 1 saturated heterocycles. The van der Waals surface area contributed by atoms with Crippen LogP contribution >= 0.6 is 11.6 Å². The highest BCUT2D eigenvalue weighted by molar-refractivity contribution is 6.31. The molecule has 2 aromatic carbocycles. The zero-order valence-corrected chi connectivity index (χ0v) is 21.9. The van der Waals surface area contributed by atoms with Gasteiger partial charge in [-0.05, 0) is 74.6 Å². The van der Waals surface area contributed by atoms with E-state index in [2.05, 4.69) is 0 Å². The Bertz CT molecular complexity index is 1190. The van der Waals surface area contributed by atoms with Gasteiger partial charge >= 0.3 is 0 Å². The third-order valence-corrected chi connectivity index (χ3v) is 9.08. The predicted molar refractivity (Wildman–Crippen MR) is 137 cm³/mol. The first kappa shape index (κ1) is 26.5. The number of carbonyl (C=O) groups excluding carboxylic acids is 1. The fraction of sp³-hybridized carbons (Fsp3) is 0.552. The van der Waals surface area contributed by atoms with Crippen LogP contribution in [0.2, 0.25) is 5.02 Å². The number of methoxy groups -OCH3 is 1. The first-order valence-electron chi connectivity index (χ1n) is 13.2. The number of piperidine rings is 1. The molecule has 2 fully saturated rings. The minimum absolute atomic E-state index is 0.00836. The molecule has 0 unspecified atom stereocenters. The Hall–Kier alpha value is -2.06. The Morgan fingerprint density at radius 2 is 2.03 bits per heavy atom. The minimum Gasteiger partial charge on any atom is -0.393 e. The van der Waals surface area contributed by atoms with Crippen molar-refractivity contribution in [3.05, 3.63) is 58.1 Å². The molecule has 8 heteroatoms. The number of aliphatic hydroxyl groups excluding tert-OH is 1. The number of hydrogen-bond donors (Lipinski definition) is 2. The Morgan fingerprint density at radius 3 is 2.76 bits per heavy atom. The number of ether oxygens (including phenoxy) is 1. The van der Waals surface area contributed by atoms with Crippen LogP contribution in [0.1, 0.15) is 62.5 Å². The van der Waals surface area contributed by atoms with Gasteiger partial charge in [-0.2, -0.15) is 0 Å². The van der Waals surface area contributed by atoms with Gasteiger partial charge in [0.15, 0.2) is 0 Å². The Kier molecular flexibility index (Phi) is 7.35. The molecule has 1 heterocycles. The maximum Gasteiger partial charge on any atom is 0.225 e. The molecular formula is C29H34ClF2NO4. The van der Waals surface area contributed by atoms with Crippen LogP contribution in [-0.2, 0) is 20.5 Å². The number of carbonyl (C=O) groups is 1. The Labute approximate surface area is 221 Å². The van der Waals surface area contributed by atoms with E-state index in [1.165, 1.54) is 18.2 Å². The molecule has 5 nitrogen and oxygen atoms in total. The van der Waals surface area contributed by atoms with Crippen LogP contribution < -0.4 is 0 Å². The summed E-state index contributed by atoms with van der Waals surface area (Å²) >= 11 is 6.05. The van der Waals surface area contributed by atoms with E-state index in [1.807, 2.05) is 4.90 Å². The summed E-state index contributed by atoms with van der Waals surface area (Å²) in [5, 5.41) is 22.3. The molecule has 1 aliphatic heterocycles. The van der Waals surface area contributed by atoms with Crippen LogP contribution in [0.15, 0.2) is 30.3 Å². The predicted octanol–water partition coefficient (Wildman–Crippen LogP) is 5.32. The smallest absolute Gasteiger partial charge is 0.225 e. The lowest BCUT2D eigenvalue weighted by Crippen LogP contribution is -2.66. The van der Waals surface area contributed by atoms with Crippen LogP contribution in [0.3, 0.4) is 0 Å². The van der Waals surface area contributed by atoms with Gasteiger partial charge in [0, 0.05) is 49.3 Å². The van der Waals surface area contributed by atoms with Gasteiger partial charge in [-0.1, -0.05) is 29.8 Å². The maximum absolute atomic E-state index is 15.4. The number of aliphatic hydroxyl groups is 2. The summed E-state index contributed by atoms with van der Waals surface area (Å²) in [5.41, 5.74) is -0.998. The summed E-state index contributed by atoms with van der Waals surface area (Å²) in [6.07, 6.45) is 4.30. The van der Waals surface area contributed by atoms with E-state index in [0.29, 0.717) is 76.6 Å². The molecule has 3 aliphatic rings.